The van der Waals surface area contributed by atoms with Crippen molar-refractivity contribution in [1.82, 2.24) is 4.90 Å². The Morgan fingerprint density at radius 3 is 2.61 bits per heavy atom. The van der Waals surface area contributed by atoms with Crippen molar-refractivity contribution in [1.29, 1.82) is 0 Å². The number of carboxylic acids is 1. The summed E-state index contributed by atoms with van der Waals surface area (Å²) in [4.78, 5) is 26.6. The molecule has 0 spiro atoms. The number of ether oxygens (including phenoxy) is 1. The first-order valence-electron chi connectivity index (χ1n) is 9.59. The maximum absolute atomic E-state index is 13.2. The van der Waals surface area contributed by atoms with Gasteiger partial charge >= 0.3 is 5.97 Å². The second kappa shape index (κ2) is 7.54. The predicted octanol–water partition coefficient (Wildman–Crippen LogP) is 3.62. The number of amides is 1. The third kappa shape index (κ3) is 3.67. The van der Waals surface area contributed by atoms with Crippen LogP contribution in [0.2, 0.25) is 0 Å². The van der Waals surface area contributed by atoms with Crippen LogP contribution in [0.1, 0.15) is 23.2 Å². The quantitative estimate of drug-likeness (QED) is 0.800. The number of benzene rings is 2. The minimum atomic E-state index is -0.796. The molecule has 2 fully saturated rings. The fourth-order valence-electron chi connectivity index (χ4n) is 4.06. The number of hydrogen-bond acceptors (Lipinski definition) is 4. The molecular weight excluding hydrogens is 356 g/mol. The van der Waals surface area contributed by atoms with E-state index in [4.69, 9.17) is 4.74 Å². The molecule has 1 amide bonds. The van der Waals surface area contributed by atoms with Crippen LogP contribution >= 0.6 is 0 Å². The lowest BCUT2D eigenvalue weighted by atomic mass is 9.92. The monoisotopic (exact) mass is 380 g/mol. The van der Waals surface area contributed by atoms with Crippen LogP contribution in [-0.4, -0.2) is 42.1 Å². The van der Waals surface area contributed by atoms with Crippen molar-refractivity contribution in [3.05, 3.63) is 54.1 Å². The Labute approximate surface area is 164 Å². The zero-order chi connectivity index (χ0) is 19.7. The Bertz CT molecular complexity index is 894. The highest BCUT2D eigenvalue weighted by molar-refractivity contribution is 6.00. The molecule has 2 aliphatic rings. The van der Waals surface area contributed by atoms with E-state index in [0.717, 1.165) is 24.3 Å². The van der Waals surface area contributed by atoms with Gasteiger partial charge in [-0.1, -0.05) is 18.2 Å². The van der Waals surface area contributed by atoms with Crippen LogP contribution in [0.15, 0.2) is 48.5 Å². The Balaban J connectivity index is 1.56. The lowest BCUT2D eigenvalue weighted by Crippen LogP contribution is -2.30. The van der Waals surface area contributed by atoms with Crippen LogP contribution in [0.5, 0.6) is 5.75 Å². The van der Waals surface area contributed by atoms with Crippen molar-refractivity contribution < 1.29 is 19.4 Å². The number of anilines is 2. The summed E-state index contributed by atoms with van der Waals surface area (Å²) in [6, 6.07) is 14.8. The minimum absolute atomic E-state index is 0.0694. The molecule has 146 valence electrons. The average Bonchev–Trinajstić information content (AvgIpc) is 3.45. The lowest BCUT2D eigenvalue weighted by molar-refractivity contribution is -0.142. The van der Waals surface area contributed by atoms with E-state index in [1.807, 2.05) is 42.5 Å². The Hall–Kier alpha value is -3.02. The van der Waals surface area contributed by atoms with E-state index in [2.05, 4.69) is 5.32 Å². The maximum Gasteiger partial charge on any atom is 0.308 e. The van der Waals surface area contributed by atoms with Crippen LogP contribution in [0.4, 0.5) is 11.4 Å². The van der Waals surface area contributed by atoms with Crippen molar-refractivity contribution in [2.75, 3.05) is 25.5 Å². The average molecular weight is 380 g/mol. The van der Waals surface area contributed by atoms with E-state index >= 15 is 0 Å². The van der Waals surface area contributed by atoms with Gasteiger partial charge in [-0.2, -0.15) is 0 Å². The van der Waals surface area contributed by atoms with Crippen molar-refractivity contribution >= 4 is 23.3 Å². The molecule has 0 unspecified atom stereocenters. The van der Waals surface area contributed by atoms with Gasteiger partial charge in [0, 0.05) is 24.8 Å². The van der Waals surface area contributed by atoms with Gasteiger partial charge in [0.25, 0.3) is 5.91 Å². The lowest BCUT2D eigenvalue weighted by Gasteiger charge is -2.19. The molecule has 1 aliphatic carbocycles. The second-order valence-corrected chi connectivity index (χ2v) is 7.56. The van der Waals surface area contributed by atoms with Gasteiger partial charge in [0.15, 0.2) is 0 Å². The zero-order valence-electron chi connectivity index (χ0n) is 15.8. The Morgan fingerprint density at radius 1 is 1.11 bits per heavy atom. The fraction of sp³-hybridized carbons (Fsp3) is 0.364. The van der Waals surface area contributed by atoms with E-state index < -0.39 is 11.9 Å². The minimum Gasteiger partial charge on any atom is -0.497 e. The standard InChI is InChI=1S/C22H24N2O4/c1-28-16-6-4-5-15(11-16)23-20-8-3-2-7-17(20)21(25)24-12-18(14-9-10-14)19(13-24)22(26)27/h2-8,11,14,18-19,23H,9-10,12-13H2,1H3,(H,26,27)/t18-,19+/m1/s1. The number of methoxy groups -OCH3 is 1. The number of carbonyl (C=O) groups is 2. The molecule has 0 radical (unpaired) electrons. The molecule has 1 saturated carbocycles. The summed E-state index contributed by atoms with van der Waals surface area (Å²) in [6.07, 6.45) is 2.15. The Morgan fingerprint density at radius 2 is 1.89 bits per heavy atom. The summed E-state index contributed by atoms with van der Waals surface area (Å²) in [7, 11) is 1.61. The summed E-state index contributed by atoms with van der Waals surface area (Å²) >= 11 is 0. The number of para-hydroxylation sites is 1. The number of rotatable bonds is 6. The first-order valence-corrected chi connectivity index (χ1v) is 9.59. The number of hydrogen-bond donors (Lipinski definition) is 2. The molecule has 2 aromatic carbocycles. The SMILES string of the molecule is COc1cccc(Nc2ccccc2C(=O)N2C[C@H](C(=O)O)[C@@H](C3CC3)C2)c1. The first kappa shape index (κ1) is 18.3. The fourth-order valence-corrected chi connectivity index (χ4v) is 4.06. The summed E-state index contributed by atoms with van der Waals surface area (Å²) < 4.78 is 5.26. The van der Waals surface area contributed by atoms with Crippen LogP contribution in [-0.2, 0) is 4.79 Å². The Kier molecular flexibility index (Phi) is 4.94. The molecule has 2 N–H and O–H groups in total. The van der Waals surface area contributed by atoms with Crippen LogP contribution in [0.25, 0.3) is 0 Å². The van der Waals surface area contributed by atoms with Gasteiger partial charge in [-0.05, 0) is 48.9 Å². The number of carbonyl (C=O) groups excluding carboxylic acids is 1. The maximum atomic E-state index is 13.2. The van der Waals surface area contributed by atoms with Crippen molar-refractivity contribution in [3.8, 4) is 5.75 Å². The van der Waals surface area contributed by atoms with Crippen LogP contribution < -0.4 is 10.1 Å². The zero-order valence-corrected chi connectivity index (χ0v) is 15.8. The molecule has 6 nitrogen and oxygen atoms in total. The second-order valence-electron chi connectivity index (χ2n) is 7.56. The van der Waals surface area contributed by atoms with Gasteiger partial charge in [-0.15, -0.1) is 0 Å². The molecule has 4 rings (SSSR count). The summed E-state index contributed by atoms with van der Waals surface area (Å²) in [6.45, 7) is 0.802. The van der Waals surface area contributed by atoms with Crippen LogP contribution in [0, 0.1) is 17.8 Å². The van der Waals surface area contributed by atoms with E-state index in [1.165, 1.54) is 0 Å². The van der Waals surface area contributed by atoms with E-state index in [-0.39, 0.29) is 18.4 Å². The molecule has 1 heterocycles. The van der Waals surface area contributed by atoms with Crippen molar-refractivity contribution in [2.24, 2.45) is 17.8 Å². The molecule has 0 bridgehead atoms. The van der Waals surface area contributed by atoms with E-state index in [0.29, 0.717) is 23.7 Å². The topological polar surface area (TPSA) is 78.9 Å². The van der Waals surface area contributed by atoms with Gasteiger partial charge < -0.3 is 20.1 Å². The molecule has 28 heavy (non-hydrogen) atoms. The highest BCUT2D eigenvalue weighted by Crippen LogP contribution is 2.44. The van der Waals surface area contributed by atoms with Gasteiger partial charge in [0.05, 0.1) is 24.3 Å². The third-order valence-electron chi connectivity index (χ3n) is 5.70. The molecule has 1 saturated heterocycles. The molecule has 0 aromatic heterocycles. The molecule has 1 aliphatic heterocycles. The summed E-state index contributed by atoms with van der Waals surface area (Å²) in [5.41, 5.74) is 2.06. The highest BCUT2D eigenvalue weighted by Gasteiger charge is 2.47. The number of carboxylic acid groups (broad SMARTS) is 1. The van der Waals surface area contributed by atoms with Gasteiger partial charge in [-0.3, -0.25) is 9.59 Å². The van der Waals surface area contributed by atoms with E-state index in [1.54, 1.807) is 18.1 Å². The van der Waals surface area contributed by atoms with Gasteiger partial charge in [0.1, 0.15) is 5.75 Å². The number of nitrogens with one attached hydrogen (secondary N) is 1. The van der Waals surface area contributed by atoms with Gasteiger partial charge in [0.2, 0.25) is 0 Å². The largest absolute Gasteiger partial charge is 0.497 e. The molecule has 2 atom stereocenters. The molecular formula is C22H24N2O4. The first-order chi connectivity index (χ1) is 13.6. The normalized spacial score (nSPS) is 21.4. The van der Waals surface area contributed by atoms with Crippen molar-refractivity contribution in [3.63, 3.8) is 0 Å². The van der Waals surface area contributed by atoms with E-state index in [9.17, 15) is 14.7 Å². The molecule has 6 heteroatoms. The third-order valence-corrected chi connectivity index (χ3v) is 5.70. The number of aliphatic carboxylic acids is 1. The highest BCUT2D eigenvalue weighted by atomic mass is 16.5. The summed E-state index contributed by atoms with van der Waals surface area (Å²) in [5.74, 6) is -0.140. The number of likely N-dealkylation sites (tertiary alicyclic amines) is 1. The molecule has 2 aromatic rings. The smallest absolute Gasteiger partial charge is 0.308 e. The number of nitrogens with zero attached hydrogens (tertiary/aromatic N) is 1. The predicted molar refractivity (Wildman–Crippen MR) is 106 cm³/mol. The van der Waals surface area contributed by atoms with Crippen molar-refractivity contribution in [2.45, 2.75) is 12.8 Å². The van der Waals surface area contributed by atoms with Gasteiger partial charge in [-0.25, -0.2) is 0 Å². The van der Waals surface area contributed by atoms with Crippen LogP contribution in [0.3, 0.4) is 0 Å². The summed E-state index contributed by atoms with van der Waals surface area (Å²) in [5, 5.41) is 12.9.